The average molecular weight is 391 g/mol. The fourth-order valence-corrected chi connectivity index (χ4v) is 3.72. The number of aromatic amines is 1. The molecule has 1 saturated carbocycles. The molecule has 3 aromatic rings. The Morgan fingerprint density at radius 3 is 2.48 bits per heavy atom. The quantitative estimate of drug-likeness (QED) is 0.463. The highest BCUT2D eigenvalue weighted by Crippen LogP contribution is 2.19. The minimum atomic E-state index is -1.37. The third-order valence-electron chi connectivity index (χ3n) is 5.37. The Bertz CT molecular complexity index is 1100. The number of nitrogens with one attached hydrogen (secondary N) is 2. The van der Waals surface area contributed by atoms with Crippen molar-refractivity contribution in [3.05, 3.63) is 66.4 Å². The van der Waals surface area contributed by atoms with E-state index in [0.29, 0.717) is 0 Å². The van der Waals surface area contributed by atoms with Crippen molar-refractivity contribution < 1.29 is 29.7 Å². The molecule has 148 valence electrons. The van der Waals surface area contributed by atoms with E-state index in [1.807, 2.05) is 54.6 Å². The van der Waals surface area contributed by atoms with Crippen LogP contribution in [0.5, 0.6) is 0 Å². The Morgan fingerprint density at radius 1 is 1.14 bits per heavy atom. The number of rotatable bonds is 5. The van der Waals surface area contributed by atoms with E-state index in [4.69, 9.17) is 0 Å². The van der Waals surface area contributed by atoms with E-state index in [0.717, 1.165) is 22.2 Å². The molecule has 0 amide bonds. The second kappa shape index (κ2) is 7.62. The van der Waals surface area contributed by atoms with Gasteiger partial charge in [0.25, 0.3) is 6.04 Å². The fourth-order valence-electron chi connectivity index (χ4n) is 3.72. The molecule has 7 nitrogen and oxygen atoms in total. The summed E-state index contributed by atoms with van der Waals surface area (Å²) in [5.74, 6) is -1.10. The molecule has 1 aromatic heterocycles. The van der Waals surface area contributed by atoms with Crippen LogP contribution in [-0.2, 0) is 11.2 Å². The number of hydrogen-bond acceptors (Lipinski definition) is 3. The molecule has 2 unspecified atom stereocenters. The first kappa shape index (κ1) is 19.0. The van der Waals surface area contributed by atoms with E-state index in [9.17, 15) is 20.1 Å². The Morgan fingerprint density at radius 2 is 1.79 bits per heavy atom. The maximum absolute atomic E-state index is 12.7. The van der Waals surface area contributed by atoms with Gasteiger partial charge in [-0.25, -0.2) is 14.4 Å². The summed E-state index contributed by atoms with van der Waals surface area (Å²) in [4.78, 5) is 17.6. The number of benzene rings is 2. The van der Waals surface area contributed by atoms with Gasteiger partial charge in [-0.1, -0.05) is 36.4 Å². The maximum Gasteiger partial charge on any atom is 0.373 e. The summed E-state index contributed by atoms with van der Waals surface area (Å²) < 4.78 is 1.59. The number of carbonyl (C=O) groups is 1. The first-order chi connectivity index (χ1) is 14.0. The lowest BCUT2D eigenvalue weighted by molar-refractivity contribution is -0.535. The van der Waals surface area contributed by atoms with Crippen LogP contribution in [0.25, 0.3) is 10.9 Å². The summed E-state index contributed by atoms with van der Waals surface area (Å²) in [6.45, 7) is 0. The topological polar surface area (TPSA) is 116 Å². The summed E-state index contributed by atoms with van der Waals surface area (Å²) in [7, 11) is 1.68. The van der Waals surface area contributed by atoms with Gasteiger partial charge in [-0.3, -0.25) is 0 Å². The molecule has 3 N–H and O–H groups in total. The normalized spacial score (nSPS) is 19.7. The highest BCUT2D eigenvalue weighted by Gasteiger charge is 2.42. The first-order valence-corrected chi connectivity index (χ1v) is 9.35. The molecule has 4 rings (SSSR count). The second-order valence-corrected chi connectivity index (χ2v) is 7.13. The molecule has 0 bridgehead atoms. The van der Waals surface area contributed by atoms with E-state index < -0.39 is 24.2 Å². The molecule has 2 aromatic carbocycles. The zero-order chi connectivity index (χ0) is 20.5. The van der Waals surface area contributed by atoms with Crippen LogP contribution < -0.4 is 15.2 Å². The number of nitrogens with zero attached hydrogens (tertiary/aromatic N) is 1. The van der Waals surface area contributed by atoms with Gasteiger partial charge in [0.15, 0.2) is 5.71 Å². The molecule has 0 saturated heterocycles. The van der Waals surface area contributed by atoms with E-state index >= 15 is 0 Å². The number of carboxylic acid groups (broad SMARTS) is 1. The lowest BCUT2D eigenvalue weighted by Gasteiger charge is -2.41. The van der Waals surface area contributed by atoms with Crippen LogP contribution in [0.1, 0.15) is 5.56 Å². The predicted molar refractivity (Wildman–Crippen MR) is 104 cm³/mol. The van der Waals surface area contributed by atoms with Crippen molar-refractivity contribution >= 4 is 34.0 Å². The van der Waals surface area contributed by atoms with Crippen LogP contribution in [0.4, 0.5) is 5.69 Å². The van der Waals surface area contributed by atoms with Crippen LogP contribution in [0.2, 0.25) is 0 Å². The van der Waals surface area contributed by atoms with Crippen molar-refractivity contribution in [2.45, 2.75) is 24.7 Å². The number of H-pyrrole nitrogens is 1. The van der Waals surface area contributed by atoms with Gasteiger partial charge in [0.1, 0.15) is 12.8 Å². The van der Waals surface area contributed by atoms with Crippen molar-refractivity contribution in [3.63, 3.8) is 0 Å². The first-order valence-electron chi connectivity index (χ1n) is 9.35. The number of aliphatic carboxylic acids is 1. The molecule has 0 radical (unpaired) electrons. The minimum absolute atomic E-state index is 0.0185. The van der Waals surface area contributed by atoms with Crippen LogP contribution in [-0.4, -0.2) is 57.4 Å². The number of aromatic nitrogens is 1. The number of hydrogen-bond donors (Lipinski definition) is 3. The Kier molecular flexibility index (Phi) is 5.00. The summed E-state index contributed by atoms with van der Waals surface area (Å²) >= 11 is 0. The van der Waals surface area contributed by atoms with E-state index in [1.54, 1.807) is 17.8 Å². The van der Waals surface area contributed by atoms with Crippen molar-refractivity contribution in [2.24, 2.45) is 0 Å². The average Bonchev–Trinajstić information content (AvgIpc) is 3.14. The molecule has 1 aliphatic carbocycles. The van der Waals surface area contributed by atoms with Crippen LogP contribution in [0.15, 0.2) is 60.8 Å². The molecule has 3 atom stereocenters. The highest BCUT2D eigenvalue weighted by molar-refractivity contribution is 6.28. The third kappa shape index (κ3) is 3.46. The Labute approximate surface area is 167 Å². The van der Waals surface area contributed by atoms with Crippen LogP contribution >= 0.6 is 0 Å². The van der Waals surface area contributed by atoms with E-state index in [2.05, 4.69) is 9.98 Å². The molecule has 7 heteroatoms. The van der Waals surface area contributed by atoms with Crippen LogP contribution in [0.3, 0.4) is 0 Å². The summed E-state index contributed by atoms with van der Waals surface area (Å²) in [5.41, 5.74) is 2.64. The van der Waals surface area contributed by atoms with Crippen LogP contribution in [0, 0.1) is 0 Å². The zero-order valence-corrected chi connectivity index (χ0v) is 15.8. The maximum atomic E-state index is 12.7. The largest absolute Gasteiger partial charge is 0.837 e. The van der Waals surface area contributed by atoms with E-state index in [1.165, 1.54) is 0 Å². The van der Waals surface area contributed by atoms with Gasteiger partial charge >= 0.3 is 5.97 Å². The molecule has 0 spiro atoms. The molecule has 1 aliphatic rings. The smallest absolute Gasteiger partial charge is 0.373 e. The standard InChI is InChI=1S/C22H20N3O4/c1-25(14-7-3-2-4-8-14)19-20(26)18(21(19)27)24-17(22(28)29)11-13-12-23-16-10-6-5-9-15(13)16/h2-10,12,17,20-21,23H,11H2,1H3,(H,28,29)/q-1/p+1/t17-,20?,21?/m0/s1. The Hall–Kier alpha value is -3.29. The predicted octanol–water partition coefficient (Wildman–Crippen LogP) is -1.43. The van der Waals surface area contributed by atoms with Gasteiger partial charge < -0.3 is 20.3 Å². The number of carboxylic acids is 1. The van der Waals surface area contributed by atoms with Gasteiger partial charge in [-0.15, -0.1) is 0 Å². The van der Waals surface area contributed by atoms with E-state index in [-0.39, 0.29) is 17.8 Å². The molecular weight excluding hydrogens is 370 g/mol. The van der Waals surface area contributed by atoms with Gasteiger partial charge in [0.2, 0.25) is 5.69 Å². The van der Waals surface area contributed by atoms with Gasteiger partial charge in [-0.05, 0) is 11.6 Å². The number of fused-ring (bicyclic) bond motifs is 1. The number of para-hydroxylation sites is 2. The highest BCUT2D eigenvalue weighted by atomic mass is 16.4. The lowest BCUT2D eigenvalue weighted by Crippen LogP contribution is -2.93. The molecular formula is C22H21N3O4. The van der Waals surface area contributed by atoms with Crippen molar-refractivity contribution in [1.29, 1.82) is 0 Å². The monoisotopic (exact) mass is 391 g/mol. The summed E-state index contributed by atoms with van der Waals surface area (Å²) in [6, 6.07) is 15.7. The van der Waals surface area contributed by atoms with Gasteiger partial charge in [0.05, 0.1) is 0 Å². The van der Waals surface area contributed by atoms with Crippen molar-refractivity contribution in [1.82, 2.24) is 4.98 Å². The second-order valence-electron chi connectivity index (χ2n) is 7.13. The summed E-state index contributed by atoms with van der Waals surface area (Å²) in [5, 5.41) is 35.9. The molecule has 29 heavy (non-hydrogen) atoms. The van der Waals surface area contributed by atoms with Gasteiger partial charge in [-0.2, -0.15) is 0 Å². The van der Waals surface area contributed by atoms with Crippen molar-refractivity contribution in [3.8, 4) is 0 Å². The molecule has 0 aliphatic heterocycles. The Balaban J connectivity index is 1.61. The third-order valence-corrected chi connectivity index (χ3v) is 5.37. The lowest BCUT2D eigenvalue weighted by atomic mass is 9.85. The molecule has 1 heterocycles. The fraction of sp³-hybridized carbons (Fsp3) is 0.227. The molecule has 1 fully saturated rings. The summed E-state index contributed by atoms with van der Waals surface area (Å²) in [6.07, 6.45) is -0.815. The van der Waals surface area contributed by atoms with Crippen molar-refractivity contribution in [2.75, 3.05) is 7.05 Å². The minimum Gasteiger partial charge on any atom is -0.837 e. The SMILES string of the molecule is C[N+](=C1C([O-])C(=[NH+][C@@H](Cc2c[nH]c3ccccc23)C(=O)O)C1[O-])c1ccccc1. The zero-order valence-electron chi connectivity index (χ0n) is 15.8. The van der Waals surface area contributed by atoms with Gasteiger partial charge in [0, 0.05) is 47.9 Å².